The Bertz CT molecular complexity index is 1740. The first-order valence-corrected chi connectivity index (χ1v) is 14.8. The summed E-state index contributed by atoms with van der Waals surface area (Å²) in [6.07, 6.45) is 1.57. The Hall–Kier alpha value is -4.57. The SMILES string of the molecule is COc1ccc(S(=O)(=O)N(CC(=O)N/N=C/c2cc(C)n(-c3ccc(C)cc3C)c2C)c2ccc(C)cc2)cc1OC. The predicted molar refractivity (Wildman–Crippen MR) is 166 cm³/mol. The second-order valence-electron chi connectivity index (χ2n) is 10.1. The molecular formula is C32H36N4O5S. The largest absolute Gasteiger partial charge is 0.493 e. The van der Waals surface area contributed by atoms with Crippen LogP contribution in [0.3, 0.4) is 0 Å². The summed E-state index contributed by atoms with van der Waals surface area (Å²) in [7, 11) is -1.27. The number of nitrogens with zero attached hydrogens (tertiary/aromatic N) is 3. The van der Waals surface area contributed by atoms with Gasteiger partial charge in [0.05, 0.1) is 31.0 Å². The number of carbonyl (C=O) groups excluding carboxylic acids is 1. The number of nitrogens with one attached hydrogen (secondary N) is 1. The number of anilines is 1. The molecule has 0 aliphatic heterocycles. The number of rotatable bonds is 10. The number of hydrogen-bond donors (Lipinski definition) is 1. The maximum Gasteiger partial charge on any atom is 0.264 e. The minimum absolute atomic E-state index is 0.0455. The Morgan fingerprint density at radius 2 is 1.55 bits per heavy atom. The van der Waals surface area contributed by atoms with Crippen LogP contribution in [0.15, 0.2) is 76.7 Å². The van der Waals surface area contributed by atoms with Gasteiger partial charge in [-0.25, -0.2) is 13.8 Å². The molecular weight excluding hydrogens is 552 g/mol. The zero-order valence-electron chi connectivity index (χ0n) is 24.9. The lowest BCUT2D eigenvalue weighted by atomic mass is 10.1. The standard InChI is InChI=1S/C32H36N4O5S/c1-21-8-11-27(12-9-21)35(42(38,39)28-13-15-30(40-6)31(18-28)41-7)20-32(37)34-33-19-26-17-24(4)36(25(26)5)29-14-10-22(2)16-23(29)3/h8-19H,20H2,1-7H3,(H,34,37)/b33-19+. The van der Waals surface area contributed by atoms with E-state index < -0.39 is 22.5 Å². The zero-order chi connectivity index (χ0) is 30.6. The smallest absolute Gasteiger partial charge is 0.264 e. The minimum Gasteiger partial charge on any atom is -0.493 e. The van der Waals surface area contributed by atoms with Gasteiger partial charge in [-0.05, 0) is 76.6 Å². The van der Waals surface area contributed by atoms with E-state index in [4.69, 9.17) is 9.47 Å². The van der Waals surface area contributed by atoms with Crippen molar-refractivity contribution in [1.29, 1.82) is 0 Å². The lowest BCUT2D eigenvalue weighted by molar-refractivity contribution is -0.119. The van der Waals surface area contributed by atoms with Crippen LogP contribution < -0.4 is 19.2 Å². The lowest BCUT2D eigenvalue weighted by Gasteiger charge is -2.24. The molecule has 0 saturated heterocycles. The number of sulfonamides is 1. The van der Waals surface area contributed by atoms with Crippen molar-refractivity contribution in [3.8, 4) is 17.2 Å². The van der Waals surface area contributed by atoms with Gasteiger partial charge in [0.2, 0.25) is 0 Å². The van der Waals surface area contributed by atoms with Gasteiger partial charge in [0.1, 0.15) is 6.54 Å². The predicted octanol–water partition coefficient (Wildman–Crippen LogP) is 5.38. The minimum atomic E-state index is -4.16. The molecule has 0 saturated carbocycles. The van der Waals surface area contributed by atoms with Gasteiger partial charge in [-0.15, -0.1) is 0 Å². The zero-order valence-corrected chi connectivity index (χ0v) is 25.7. The Kier molecular flexibility index (Phi) is 9.06. The molecule has 3 aromatic carbocycles. The van der Waals surface area contributed by atoms with Crippen molar-refractivity contribution < 1.29 is 22.7 Å². The third-order valence-corrected chi connectivity index (χ3v) is 8.78. The van der Waals surface area contributed by atoms with Crippen LogP contribution in [0.4, 0.5) is 5.69 Å². The number of aromatic nitrogens is 1. The summed E-state index contributed by atoms with van der Waals surface area (Å²) in [6.45, 7) is 9.55. The highest BCUT2D eigenvalue weighted by Crippen LogP contribution is 2.32. The van der Waals surface area contributed by atoms with Crippen molar-refractivity contribution in [3.63, 3.8) is 0 Å². The first-order valence-electron chi connectivity index (χ1n) is 13.4. The lowest BCUT2D eigenvalue weighted by Crippen LogP contribution is -2.39. The van der Waals surface area contributed by atoms with E-state index in [1.807, 2.05) is 26.8 Å². The fraction of sp³-hybridized carbons (Fsp3) is 0.250. The summed E-state index contributed by atoms with van der Waals surface area (Å²) in [5, 5.41) is 4.16. The van der Waals surface area contributed by atoms with Gasteiger partial charge < -0.3 is 14.0 Å². The third kappa shape index (κ3) is 6.33. The molecule has 1 N–H and O–H groups in total. The van der Waals surface area contributed by atoms with Gasteiger partial charge in [0.15, 0.2) is 11.5 Å². The highest BCUT2D eigenvalue weighted by atomic mass is 32.2. The molecule has 10 heteroatoms. The van der Waals surface area contributed by atoms with E-state index in [1.165, 1.54) is 38.0 Å². The molecule has 42 heavy (non-hydrogen) atoms. The fourth-order valence-corrected chi connectivity index (χ4v) is 6.25. The monoisotopic (exact) mass is 588 g/mol. The summed E-state index contributed by atoms with van der Waals surface area (Å²) < 4.78 is 41.3. The maximum atomic E-state index is 13.8. The molecule has 0 aliphatic rings. The van der Waals surface area contributed by atoms with Gasteiger partial charge in [-0.3, -0.25) is 9.10 Å². The Labute approximate surface area is 247 Å². The molecule has 220 valence electrons. The topological polar surface area (TPSA) is 102 Å². The average Bonchev–Trinajstić information content (AvgIpc) is 3.24. The number of ether oxygens (including phenoxy) is 2. The number of hydrazone groups is 1. The average molecular weight is 589 g/mol. The van der Waals surface area contributed by atoms with Crippen molar-refractivity contribution in [1.82, 2.24) is 9.99 Å². The molecule has 0 aliphatic carbocycles. The van der Waals surface area contributed by atoms with Gasteiger partial charge >= 0.3 is 0 Å². The quantitative estimate of drug-likeness (QED) is 0.198. The number of benzene rings is 3. The Morgan fingerprint density at radius 1 is 0.881 bits per heavy atom. The second-order valence-corrected chi connectivity index (χ2v) is 12.0. The Balaban J connectivity index is 1.59. The number of aryl methyl sites for hydroxylation is 4. The highest BCUT2D eigenvalue weighted by molar-refractivity contribution is 7.92. The molecule has 0 radical (unpaired) electrons. The van der Waals surface area contributed by atoms with Crippen LogP contribution >= 0.6 is 0 Å². The van der Waals surface area contributed by atoms with Crippen LogP contribution in [-0.4, -0.2) is 45.9 Å². The van der Waals surface area contributed by atoms with Gasteiger partial charge in [0.25, 0.3) is 15.9 Å². The summed E-state index contributed by atoms with van der Waals surface area (Å²) in [5.74, 6) is 0.0521. The van der Waals surface area contributed by atoms with Crippen LogP contribution in [-0.2, 0) is 14.8 Å². The van der Waals surface area contributed by atoms with E-state index in [0.717, 1.165) is 38.1 Å². The van der Waals surface area contributed by atoms with Crippen molar-refractivity contribution in [2.75, 3.05) is 25.1 Å². The molecule has 0 unspecified atom stereocenters. The molecule has 4 aromatic rings. The summed E-state index contributed by atoms with van der Waals surface area (Å²) in [6, 6.07) is 19.5. The molecule has 1 heterocycles. The second kappa shape index (κ2) is 12.5. The number of hydrogen-bond acceptors (Lipinski definition) is 6. The van der Waals surface area contributed by atoms with E-state index in [0.29, 0.717) is 11.4 Å². The van der Waals surface area contributed by atoms with Crippen molar-refractivity contribution in [3.05, 3.63) is 100 Å². The maximum absolute atomic E-state index is 13.8. The van der Waals surface area contributed by atoms with E-state index in [2.05, 4.69) is 47.1 Å². The third-order valence-electron chi connectivity index (χ3n) is 7.01. The first-order chi connectivity index (χ1) is 20.0. The van der Waals surface area contributed by atoms with Crippen molar-refractivity contribution in [2.24, 2.45) is 5.10 Å². The summed E-state index contributed by atoms with van der Waals surface area (Å²) in [5.41, 5.74) is 10.0. The van der Waals surface area contributed by atoms with Crippen LogP contribution in [0.2, 0.25) is 0 Å². The molecule has 0 atom stereocenters. The molecule has 0 bridgehead atoms. The number of methoxy groups -OCH3 is 2. The van der Waals surface area contributed by atoms with Gasteiger partial charge in [0, 0.05) is 28.7 Å². The van der Waals surface area contributed by atoms with Crippen molar-refractivity contribution in [2.45, 2.75) is 39.5 Å². The van der Waals surface area contributed by atoms with E-state index in [1.54, 1.807) is 30.5 Å². The summed E-state index contributed by atoms with van der Waals surface area (Å²) in [4.78, 5) is 13.0. The molecule has 1 amide bonds. The van der Waals surface area contributed by atoms with Gasteiger partial charge in [-0.1, -0.05) is 35.4 Å². The normalized spacial score (nSPS) is 11.5. The van der Waals surface area contributed by atoms with Crippen molar-refractivity contribution >= 4 is 27.8 Å². The summed E-state index contributed by atoms with van der Waals surface area (Å²) >= 11 is 0. The van der Waals surface area contributed by atoms with E-state index in [-0.39, 0.29) is 10.6 Å². The van der Waals surface area contributed by atoms with Crippen LogP contribution in [0, 0.1) is 34.6 Å². The fourth-order valence-electron chi connectivity index (χ4n) is 4.82. The van der Waals surface area contributed by atoms with Crippen LogP contribution in [0.25, 0.3) is 5.69 Å². The molecule has 0 fully saturated rings. The molecule has 0 spiro atoms. The van der Waals surface area contributed by atoms with Crippen LogP contribution in [0.1, 0.15) is 33.6 Å². The number of carbonyl (C=O) groups is 1. The molecule has 9 nitrogen and oxygen atoms in total. The van der Waals surface area contributed by atoms with Gasteiger partial charge in [-0.2, -0.15) is 5.10 Å². The molecule has 1 aromatic heterocycles. The number of amides is 1. The van der Waals surface area contributed by atoms with Crippen LogP contribution in [0.5, 0.6) is 11.5 Å². The highest BCUT2D eigenvalue weighted by Gasteiger charge is 2.28. The van der Waals surface area contributed by atoms with E-state index in [9.17, 15) is 13.2 Å². The first kappa shape index (κ1) is 30.4. The Morgan fingerprint density at radius 3 is 2.19 bits per heavy atom. The molecule has 4 rings (SSSR count). The van der Waals surface area contributed by atoms with E-state index >= 15 is 0 Å².